The van der Waals surface area contributed by atoms with E-state index in [1.807, 2.05) is 31.2 Å². The van der Waals surface area contributed by atoms with Crippen molar-refractivity contribution >= 4 is 16.9 Å². The quantitative estimate of drug-likeness (QED) is 0.342. The smallest absolute Gasteiger partial charge is 0.220 e. The highest BCUT2D eigenvalue weighted by Crippen LogP contribution is 2.29. The third kappa shape index (κ3) is 5.63. The first-order chi connectivity index (χ1) is 16.4. The number of benzene rings is 3. The standard InChI is InChI=1S/C28H30FN3O2/c1-18-16-19(2)28-25(17-18)31-26(32-28)12-13-27(33)30-15-14-24(20-4-8-22(29)9-5-20)21-6-10-23(34-3)11-7-21/h4-11,16-17,24H,12-15H2,1-3H3,(H,30,33)(H,31,32). The minimum absolute atomic E-state index is 0.0130. The monoisotopic (exact) mass is 459 g/mol. The van der Waals surface area contributed by atoms with Gasteiger partial charge in [0.1, 0.15) is 17.4 Å². The molecule has 0 spiro atoms. The second-order valence-corrected chi connectivity index (χ2v) is 8.68. The number of methoxy groups -OCH3 is 1. The predicted molar refractivity (Wildman–Crippen MR) is 133 cm³/mol. The lowest BCUT2D eigenvalue weighted by Gasteiger charge is -2.19. The number of aromatic amines is 1. The third-order valence-electron chi connectivity index (χ3n) is 6.11. The molecule has 0 saturated carbocycles. The van der Waals surface area contributed by atoms with E-state index in [1.165, 1.54) is 17.7 Å². The minimum atomic E-state index is -0.263. The Kier molecular flexibility index (Phi) is 7.26. The molecule has 0 radical (unpaired) electrons. The van der Waals surface area contributed by atoms with Crippen molar-refractivity contribution in [2.75, 3.05) is 13.7 Å². The molecule has 6 heteroatoms. The van der Waals surface area contributed by atoms with Gasteiger partial charge in [0.25, 0.3) is 0 Å². The van der Waals surface area contributed by atoms with Gasteiger partial charge in [-0.15, -0.1) is 0 Å². The maximum atomic E-state index is 13.5. The summed E-state index contributed by atoms with van der Waals surface area (Å²) in [6.07, 6.45) is 1.62. The molecule has 0 saturated heterocycles. The Labute approximate surface area is 199 Å². The van der Waals surface area contributed by atoms with Crippen molar-refractivity contribution < 1.29 is 13.9 Å². The van der Waals surface area contributed by atoms with Crippen molar-refractivity contribution in [2.45, 2.75) is 39.0 Å². The Morgan fingerprint density at radius 3 is 2.41 bits per heavy atom. The molecule has 0 aliphatic rings. The Morgan fingerprint density at radius 1 is 1.06 bits per heavy atom. The van der Waals surface area contributed by atoms with Gasteiger partial charge in [0, 0.05) is 25.3 Å². The van der Waals surface area contributed by atoms with Gasteiger partial charge in [-0.25, -0.2) is 9.37 Å². The first kappa shape index (κ1) is 23.5. The van der Waals surface area contributed by atoms with Crippen molar-refractivity contribution in [1.29, 1.82) is 0 Å². The van der Waals surface area contributed by atoms with Crippen LogP contribution in [0.1, 0.15) is 46.8 Å². The highest BCUT2D eigenvalue weighted by Gasteiger charge is 2.16. The molecule has 4 rings (SSSR count). The molecule has 1 unspecified atom stereocenters. The molecule has 5 nitrogen and oxygen atoms in total. The average Bonchev–Trinajstić information content (AvgIpc) is 3.25. The van der Waals surface area contributed by atoms with Crippen LogP contribution in [0.5, 0.6) is 5.75 Å². The summed E-state index contributed by atoms with van der Waals surface area (Å²) in [7, 11) is 1.63. The molecule has 1 aromatic heterocycles. The molecule has 0 aliphatic carbocycles. The largest absolute Gasteiger partial charge is 0.497 e. The molecule has 0 fully saturated rings. The SMILES string of the molecule is COc1ccc(C(CCNC(=O)CCc2nc3c(C)cc(C)cc3[nH]2)c2ccc(F)cc2)cc1. The topological polar surface area (TPSA) is 67.0 Å². The van der Waals surface area contributed by atoms with Gasteiger partial charge in [0.2, 0.25) is 5.91 Å². The number of hydrogen-bond donors (Lipinski definition) is 2. The number of fused-ring (bicyclic) bond motifs is 1. The van der Waals surface area contributed by atoms with Crippen molar-refractivity contribution in [3.63, 3.8) is 0 Å². The Hall–Kier alpha value is -3.67. The lowest BCUT2D eigenvalue weighted by molar-refractivity contribution is -0.121. The first-order valence-corrected chi connectivity index (χ1v) is 11.5. The zero-order valence-electron chi connectivity index (χ0n) is 19.8. The summed E-state index contributed by atoms with van der Waals surface area (Å²) in [6, 6.07) is 18.6. The summed E-state index contributed by atoms with van der Waals surface area (Å²) >= 11 is 0. The number of imidazole rings is 1. The van der Waals surface area contributed by atoms with Crippen LogP contribution in [0.2, 0.25) is 0 Å². The van der Waals surface area contributed by atoms with E-state index >= 15 is 0 Å². The van der Waals surface area contributed by atoms with Crippen LogP contribution in [0, 0.1) is 19.7 Å². The summed E-state index contributed by atoms with van der Waals surface area (Å²) < 4.78 is 18.7. The van der Waals surface area contributed by atoms with Crippen molar-refractivity contribution in [3.8, 4) is 5.75 Å². The van der Waals surface area contributed by atoms with Crippen LogP contribution in [-0.4, -0.2) is 29.5 Å². The third-order valence-corrected chi connectivity index (χ3v) is 6.11. The number of aromatic nitrogens is 2. The number of carbonyl (C=O) groups is 1. The van der Waals surface area contributed by atoms with E-state index in [1.54, 1.807) is 19.2 Å². The number of aryl methyl sites for hydroxylation is 3. The Balaban J connectivity index is 1.36. The Morgan fingerprint density at radius 2 is 1.74 bits per heavy atom. The molecule has 4 aromatic rings. The number of nitrogens with zero attached hydrogens (tertiary/aromatic N) is 1. The van der Waals surface area contributed by atoms with Crippen LogP contribution in [-0.2, 0) is 11.2 Å². The maximum Gasteiger partial charge on any atom is 0.220 e. The first-order valence-electron chi connectivity index (χ1n) is 11.5. The maximum absolute atomic E-state index is 13.5. The van der Waals surface area contributed by atoms with Crippen LogP contribution in [0.3, 0.4) is 0 Å². The second kappa shape index (κ2) is 10.5. The van der Waals surface area contributed by atoms with Crippen LogP contribution in [0.4, 0.5) is 4.39 Å². The number of halogens is 1. The van der Waals surface area contributed by atoms with E-state index in [2.05, 4.69) is 34.3 Å². The van der Waals surface area contributed by atoms with Crippen molar-refractivity contribution in [1.82, 2.24) is 15.3 Å². The fraction of sp³-hybridized carbons (Fsp3) is 0.286. The number of carbonyl (C=O) groups excluding carboxylic acids is 1. The molecule has 176 valence electrons. The predicted octanol–water partition coefficient (Wildman–Crippen LogP) is 5.60. The van der Waals surface area contributed by atoms with Gasteiger partial charge < -0.3 is 15.0 Å². The van der Waals surface area contributed by atoms with Gasteiger partial charge in [0.15, 0.2) is 0 Å². The van der Waals surface area contributed by atoms with E-state index < -0.39 is 0 Å². The van der Waals surface area contributed by atoms with Gasteiger partial charge in [0.05, 0.1) is 18.1 Å². The lowest BCUT2D eigenvalue weighted by Crippen LogP contribution is -2.26. The van der Waals surface area contributed by atoms with Crippen LogP contribution >= 0.6 is 0 Å². The Bertz CT molecular complexity index is 1260. The molecule has 1 heterocycles. The summed E-state index contributed by atoms with van der Waals surface area (Å²) in [5, 5.41) is 3.03. The van der Waals surface area contributed by atoms with E-state index in [4.69, 9.17) is 4.74 Å². The normalized spacial score (nSPS) is 12.0. The molecule has 2 N–H and O–H groups in total. The summed E-state index contributed by atoms with van der Waals surface area (Å²) in [5.74, 6) is 1.36. The summed E-state index contributed by atoms with van der Waals surface area (Å²) in [6.45, 7) is 4.63. The highest BCUT2D eigenvalue weighted by molar-refractivity contribution is 5.80. The molecule has 3 aromatic carbocycles. The number of nitrogens with one attached hydrogen (secondary N) is 2. The van der Waals surface area contributed by atoms with Crippen molar-refractivity contribution in [2.24, 2.45) is 0 Å². The van der Waals surface area contributed by atoms with Crippen LogP contribution < -0.4 is 10.1 Å². The van der Waals surface area contributed by atoms with Crippen LogP contribution in [0.25, 0.3) is 11.0 Å². The number of hydrogen-bond acceptors (Lipinski definition) is 3. The lowest BCUT2D eigenvalue weighted by atomic mass is 9.88. The van der Waals surface area contributed by atoms with E-state index in [9.17, 15) is 9.18 Å². The molecule has 0 aliphatic heterocycles. The zero-order valence-corrected chi connectivity index (χ0v) is 19.8. The molecule has 1 atom stereocenters. The molecular weight excluding hydrogens is 429 g/mol. The van der Waals surface area contributed by atoms with Gasteiger partial charge >= 0.3 is 0 Å². The van der Waals surface area contributed by atoms with E-state index in [0.29, 0.717) is 25.8 Å². The number of amides is 1. The summed E-state index contributed by atoms with van der Waals surface area (Å²) in [4.78, 5) is 20.5. The fourth-order valence-corrected chi connectivity index (χ4v) is 4.37. The molecule has 34 heavy (non-hydrogen) atoms. The van der Waals surface area contributed by atoms with Crippen LogP contribution in [0.15, 0.2) is 60.7 Å². The van der Waals surface area contributed by atoms with E-state index in [-0.39, 0.29) is 17.6 Å². The highest BCUT2D eigenvalue weighted by atomic mass is 19.1. The zero-order chi connectivity index (χ0) is 24.1. The molecule has 1 amide bonds. The summed E-state index contributed by atoms with van der Waals surface area (Å²) in [5.41, 5.74) is 6.39. The van der Waals surface area contributed by atoms with Gasteiger partial charge in [-0.1, -0.05) is 30.3 Å². The molecule has 0 bridgehead atoms. The molecular formula is C28H30FN3O2. The number of rotatable bonds is 9. The fourth-order valence-electron chi connectivity index (χ4n) is 4.37. The number of H-pyrrole nitrogens is 1. The minimum Gasteiger partial charge on any atom is -0.497 e. The average molecular weight is 460 g/mol. The van der Waals surface area contributed by atoms with Gasteiger partial charge in [-0.2, -0.15) is 0 Å². The van der Waals surface area contributed by atoms with E-state index in [0.717, 1.165) is 39.3 Å². The van der Waals surface area contributed by atoms with Crippen molar-refractivity contribution in [3.05, 3.63) is 94.6 Å². The van der Waals surface area contributed by atoms with Gasteiger partial charge in [-0.3, -0.25) is 4.79 Å². The second-order valence-electron chi connectivity index (χ2n) is 8.68. The van der Waals surface area contributed by atoms with Gasteiger partial charge in [-0.05, 0) is 72.9 Å². The number of ether oxygens (including phenoxy) is 1.